The Bertz CT molecular complexity index is 1010. The highest BCUT2D eigenvalue weighted by molar-refractivity contribution is 5.56. The molecule has 0 N–H and O–H groups in total. The van der Waals surface area contributed by atoms with Gasteiger partial charge in [0.1, 0.15) is 11.6 Å². The summed E-state index contributed by atoms with van der Waals surface area (Å²) in [6.07, 6.45) is -2.65. The fourth-order valence-corrected chi connectivity index (χ4v) is 3.49. The van der Waals surface area contributed by atoms with Gasteiger partial charge in [-0.15, -0.1) is 0 Å². The lowest BCUT2D eigenvalue weighted by Gasteiger charge is -2.22. The number of ether oxygens (including phenoxy) is 1. The summed E-state index contributed by atoms with van der Waals surface area (Å²) in [5, 5.41) is 4.06. The normalized spacial score (nSPS) is 15.7. The molecule has 3 aromatic rings. The Morgan fingerprint density at radius 2 is 1.97 bits per heavy atom. The maximum Gasteiger partial charge on any atom is 0.417 e. The number of hydrogen-bond donors (Lipinski definition) is 0. The average molecular weight is 433 g/mol. The zero-order chi connectivity index (χ0) is 21.8. The van der Waals surface area contributed by atoms with Crippen LogP contribution in [0.3, 0.4) is 0 Å². The van der Waals surface area contributed by atoms with Gasteiger partial charge in [0.15, 0.2) is 0 Å². The van der Waals surface area contributed by atoms with E-state index in [9.17, 15) is 13.2 Å². The molecule has 0 radical (unpaired) electrons. The molecular formula is C21H22F3N5O2. The molecule has 7 nitrogen and oxygen atoms in total. The number of nitrogens with zero attached hydrogens (tertiary/aromatic N) is 5. The minimum absolute atomic E-state index is 0.499. The first kappa shape index (κ1) is 21.1. The van der Waals surface area contributed by atoms with Gasteiger partial charge in [-0.1, -0.05) is 17.3 Å². The predicted octanol–water partition coefficient (Wildman–Crippen LogP) is 3.87. The molecule has 0 unspecified atom stereocenters. The van der Waals surface area contributed by atoms with Crippen molar-refractivity contribution in [3.05, 3.63) is 54.0 Å². The van der Waals surface area contributed by atoms with E-state index in [4.69, 9.17) is 9.26 Å². The SMILES string of the molecule is COc1cccc(-c2noc(CN3CCCN(c4ccc(C(F)(F)F)cn4)CC3)n2)c1. The molecule has 0 aliphatic carbocycles. The van der Waals surface area contributed by atoms with Crippen LogP contribution in [0, 0.1) is 0 Å². The van der Waals surface area contributed by atoms with Crippen LogP contribution in [-0.4, -0.2) is 53.3 Å². The number of alkyl halides is 3. The van der Waals surface area contributed by atoms with Crippen LogP contribution >= 0.6 is 0 Å². The lowest BCUT2D eigenvalue weighted by atomic mass is 10.2. The van der Waals surface area contributed by atoms with E-state index >= 15 is 0 Å². The van der Waals surface area contributed by atoms with Crippen molar-refractivity contribution >= 4 is 5.82 Å². The van der Waals surface area contributed by atoms with Gasteiger partial charge in [0, 0.05) is 37.9 Å². The Kier molecular flexibility index (Phi) is 6.08. The topological polar surface area (TPSA) is 67.5 Å². The summed E-state index contributed by atoms with van der Waals surface area (Å²) in [6, 6.07) is 9.94. The summed E-state index contributed by atoms with van der Waals surface area (Å²) >= 11 is 0. The Balaban J connectivity index is 1.37. The highest BCUT2D eigenvalue weighted by atomic mass is 19.4. The van der Waals surface area contributed by atoms with Crippen molar-refractivity contribution in [1.29, 1.82) is 0 Å². The van der Waals surface area contributed by atoms with Crippen LogP contribution < -0.4 is 9.64 Å². The summed E-state index contributed by atoms with van der Waals surface area (Å²) in [5.41, 5.74) is 0.0701. The van der Waals surface area contributed by atoms with Crippen molar-refractivity contribution in [2.75, 3.05) is 38.2 Å². The van der Waals surface area contributed by atoms with Crippen LogP contribution in [0.4, 0.5) is 19.0 Å². The third-order valence-corrected chi connectivity index (χ3v) is 5.14. The fourth-order valence-electron chi connectivity index (χ4n) is 3.49. The quantitative estimate of drug-likeness (QED) is 0.605. The first-order chi connectivity index (χ1) is 14.9. The molecule has 0 spiro atoms. The summed E-state index contributed by atoms with van der Waals surface area (Å²) in [7, 11) is 1.60. The molecule has 164 valence electrons. The average Bonchev–Trinajstić information content (AvgIpc) is 3.11. The predicted molar refractivity (Wildman–Crippen MR) is 108 cm³/mol. The molecule has 3 heterocycles. The first-order valence-corrected chi connectivity index (χ1v) is 9.90. The highest BCUT2D eigenvalue weighted by Crippen LogP contribution is 2.29. The molecule has 0 atom stereocenters. The van der Waals surface area contributed by atoms with Gasteiger partial charge in [-0.25, -0.2) is 4.98 Å². The van der Waals surface area contributed by atoms with Crippen molar-refractivity contribution in [1.82, 2.24) is 20.0 Å². The van der Waals surface area contributed by atoms with Gasteiger partial charge in [0.25, 0.3) is 0 Å². The van der Waals surface area contributed by atoms with Crippen LogP contribution in [0.15, 0.2) is 47.1 Å². The second-order valence-corrected chi connectivity index (χ2v) is 7.26. The molecule has 0 bridgehead atoms. The van der Waals surface area contributed by atoms with E-state index in [2.05, 4.69) is 20.0 Å². The van der Waals surface area contributed by atoms with Gasteiger partial charge in [0.05, 0.1) is 19.2 Å². The van der Waals surface area contributed by atoms with Gasteiger partial charge in [-0.2, -0.15) is 18.2 Å². The number of anilines is 1. The monoisotopic (exact) mass is 433 g/mol. The van der Waals surface area contributed by atoms with Crippen LogP contribution in [0.2, 0.25) is 0 Å². The summed E-state index contributed by atoms with van der Waals surface area (Å²) < 4.78 is 48.9. The molecule has 1 aliphatic heterocycles. The van der Waals surface area contributed by atoms with E-state index in [0.29, 0.717) is 49.5 Å². The van der Waals surface area contributed by atoms with Gasteiger partial charge < -0.3 is 14.2 Å². The van der Waals surface area contributed by atoms with Gasteiger partial charge in [-0.05, 0) is 30.7 Å². The third kappa shape index (κ3) is 5.13. The maximum absolute atomic E-state index is 12.7. The van der Waals surface area contributed by atoms with Crippen molar-refractivity contribution < 1.29 is 22.4 Å². The standard InChI is InChI=1S/C21H22F3N5O2/c1-30-17-5-2-4-15(12-17)20-26-19(31-27-20)14-28-8-3-9-29(11-10-28)18-7-6-16(13-25-18)21(22,23)24/h2,4-7,12-13H,3,8-11,14H2,1H3. The van der Waals surface area contributed by atoms with Crippen LogP contribution in [-0.2, 0) is 12.7 Å². The maximum atomic E-state index is 12.7. The number of hydrogen-bond acceptors (Lipinski definition) is 7. The number of benzene rings is 1. The lowest BCUT2D eigenvalue weighted by molar-refractivity contribution is -0.137. The van der Waals surface area contributed by atoms with Crippen LogP contribution in [0.5, 0.6) is 5.75 Å². The Labute approximate surface area is 177 Å². The van der Waals surface area contributed by atoms with Crippen molar-refractivity contribution in [3.63, 3.8) is 0 Å². The van der Waals surface area contributed by atoms with E-state index in [1.165, 1.54) is 6.07 Å². The number of methoxy groups -OCH3 is 1. The smallest absolute Gasteiger partial charge is 0.417 e. The van der Waals surface area contributed by atoms with E-state index in [1.807, 2.05) is 29.2 Å². The van der Waals surface area contributed by atoms with Crippen molar-refractivity contribution in [2.45, 2.75) is 19.1 Å². The molecule has 1 aliphatic rings. The molecule has 10 heteroatoms. The van der Waals surface area contributed by atoms with Crippen molar-refractivity contribution in [2.24, 2.45) is 0 Å². The number of pyridine rings is 1. The van der Waals surface area contributed by atoms with Gasteiger partial charge >= 0.3 is 6.18 Å². The van der Waals surface area contributed by atoms with Crippen LogP contribution in [0.25, 0.3) is 11.4 Å². The van der Waals surface area contributed by atoms with Crippen molar-refractivity contribution in [3.8, 4) is 17.1 Å². The molecule has 1 fully saturated rings. The number of rotatable bonds is 5. The van der Waals surface area contributed by atoms with E-state index in [0.717, 1.165) is 30.8 Å². The zero-order valence-electron chi connectivity index (χ0n) is 17.0. The van der Waals surface area contributed by atoms with E-state index < -0.39 is 11.7 Å². The molecule has 31 heavy (non-hydrogen) atoms. The second-order valence-electron chi connectivity index (χ2n) is 7.26. The fraction of sp³-hybridized carbons (Fsp3) is 0.381. The zero-order valence-corrected chi connectivity index (χ0v) is 17.0. The molecular weight excluding hydrogens is 411 g/mol. The molecule has 0 amide bonds. The first-order valence-electron chi connectivity index (χ1n) is 9.90. The molecule has 2 aromatic heterocycles. The Hall–Kier alpha value is -3.14. The summed E-state index contributed by atoms with van der Waals surface area (Å²) in [4.78, 5) is 12.7. The lowest BCUT2D eigenvalue weighted by Crippen LogP contribution is -2.31. The minimum Gasteiger partial charge on any atom is -0.497 e. The second kappa shape index (κ2) is 8.93. The van der Waals surface area contributed by atoms with Gasteiger partial charge in [0.2, 0.25) is 11.7 Å². The van der Waals surface area contributed by atoms with Crippen LogP contribution in [0.1, 0.15) is 17.9 Å². The largest absolute Gasteiger partial charge is 0.497 e. The number of aromatic nitrogens is 3. The third-order valence-electron chi connectivity index (χ3n) is 5.14. The summed E-state index contributed by atoms with van der Waals surface area (Å²) in [6.45, 7) is 3.39. The molecule has 1 aromatic carbocycles. The number of halogens is 3. The molecule has 4 rings (SSSR count). The Morgan fingerprint density at radius 1 is 1.10 bits per heavy atom. The summed E-state index contributed by atoms with van der Waals surface area (Å²) in [5.74, 6) is 2.28. The minimum atomic E-state index is -4.38. The molecule has 0 saturated carbocycles. The van der Waals surface area contributed by atoms with Gasteiger partial charge in [-0.3, -0.25) is 4.90 Å². The highest BCUT2D eigenvalue weighted by Gasteiger charge is 2.31. The Morgan fingerprint density at radius 3 is 2.71 bits per heavy atom. The van der Waals surface area contributed by atoms with E-state index in [1.54, 1.807) is 7.11 Å². The van der Waals surface area contributed by atoms with E-state index in [-0.39, 0.29) is 0 Å². The molecule has 1 saturated heterocycles.